The third-order valence-corrected chi connectivity index (χ3v) is 3.20. The van der Waals surface area contributed by atoms with Crippen molar-refractivity contribution >= 4 is 23.9 Å². The van der Waals surface area contributed by atoms with Crippen molar-refractivity contribution < 1.29 is 48.3 Å². The van der Waals surface area contributed by atoms with E-state index in [0.717, 1.165) is 27.7 Å². The molecule has 24 heavy (non-hydrogen) atoms. The van der Waals surface area contributed by atoms with Crippen LogP contribution in [0.2, 0.25) is 0 Å². The summed E-state index contributed by atoms with van der Waals surface area (Å²) in [6.45, 7) is 4.19. The van der Waals surface area contributed by atoms with Gasteiger partial charge in [-0.3, -0.25) is 19.2 Å². The summed E-state index contributed by atoms with van der Waals surface area (Å²) in [5.41, 5.74) is 0. The van der Waals surface area contributed by atoms with Gasteiger partial charge in [-0.1, -0.05) is 0 Å². The fourth-order valence-corrected chi connectivity index (χ4v) is 2.46. The Morgan fingerprint density at radius 1 is 0.542 bits per heavy atom. The second-order valence-corrected chi connectivity index (χ2v) is 5.28. The highest BCUT2D eigenvalue weighted by Gasteiger charge is 2.56. The number of ether oxygens (including phenoxy) is 4. The van der Waals surface area contributed by atoms with Crippen molar-refractivity contribution in [2.75, 3.05) is 0 Å². The van der Waals surface area contributed by atoms with E-state index in [1.165, 1.54) is 0 Å². The Kier molecular flexibility index (Phi) is 6.67. The third-order valence-electron chi connectivity index (χ3n) is 3.20. The van der Waals surface area contributed by atoms with Gasteiger partial charge in [-0.15, -0.1) is 0 Å². The van der Waals surface area contributed by atoms with E-state index in [1.54, 1.807) is 0 Å². The van der Waals surface area contributed by atoms with Crippen LogP contribution < -0.4 is 0 Å². The van der Waals surface area contributed by atoms with Crippen LogP contribution in [-0.2, 0) is 38.1 Å². The highest BCUT2D eigenvalue weighted by atomic mass is 16.6. The topological polar surface area (TPSA) is 146 Å². The summed E-state index contributed by atoms with van der Waals surface area (Å²) >= 11 is 0. The van der Waals surface area contributed by atoms with Crippen molar-refractivity contribution in [1.29, 1.82) is 0 Å². The summed E-state index contributed by atoms with van der Waals surface area (Å²) in [6, 6.07) is 0. The van der Waals surface area contributed by atoms with Crippen molar-refractivity contribution in [1.82, 2.24) is 0 Å². The maximum absolute atomic E-state index is 11.3. The van der Waals surface area contributed by atoms with Crippen LogP contribution in [0, 0.1) is 0 Å². The molecule has 1 aliphatic rings. The van der Waals surface area contributed by atoms with Crippen molar-refractivity contribution in [2.24, 2.45) is 0 Å². The minimum atomic E-state index is -1.74. The fraction of sp³-hybridized carbons (Fsp3) is 0.714. The Hall–Kier alpha value is -2.20. The molecule has 0 heterocycles. The summed E-state index contributed by atoms with van der Waals surface area (Å²) < 4.78 is 19.8. The van der Waals surface area contributed by atoms with Gasteiger partial charge in [0.25, 0.3) is 0 Å². The Balaban J connectivity index is 3.28. The SMILES string of the molecule is CC(=O)O[C@@H]1[C@@H](OC(C)=O)[C@@H](OC(C)=O)[C@@H](O)[C@H](O)[C@H]1OC(C)=O. The molecular formula is C14H20O10. The molecule has 1 saturated carbocycles. The quantitative estimate of drug-likeness (QED) is 0.452. The Bertz CT molecular complexity index is 470. The first kappa shape index (κ1) is 19.8. The standard InChI is InChI=1S/C14H20O10/c1-5(15)21-11-9(19)10(20)12(22-6(2)16)14(24-8(4)18)13(11)23-7(3)17/h9-14,19-20H,1-4H3/t9-,10-,11-,12+,13-,14-/m0/s1. The fourth-order valence-electron chi connectivity index (χ4n) is 2.46. The molecule has 2 N–H and O–H groups in total. The molecule has 136 valence electrons. The molecule has 0 radical (unpaired) electrons. The van der Waals surface area contributed by atoms with Crippen LogP contribution in [0.3, 0.4) is 0 Å². The molecule has 0 aromatic carbocycles. The predicted octanol–water partition coefficient (Wildman–Crippen LogP) is -1.55. The summed E-state index contributed by atoms with van der Waals surface area (Å²) in [7, 11) is 0. The lowest BCUT2D eigenvalue weighted by atomic mass is 9.84. The van der Waals surface area contributed by atoms with Crippen molar-refractivity contribution in [3.8, 4) is 0 Å². The van der Waals surface area contributed by atoms with Crippen LogP contribution in [0.1, 0.15) is 27.7 Å². The number of aliphatic hydroxyl groups excluding tert-OH is 2. The molecule has 1 aliphatic carbocycles. The average molecular weight is 348 g/mol. The van der Waals surface area contributed by atoms with E-state index in [2.05, 4.69) is 0 Å². The normalized spacial score (nSPS) is 32.4. The monoisotopic (exact) mass is 348 g/mol. The number of esters is 4. The lowest BCUT2D eigenvalue weighted by molar-refractivity contribution is -0.251. The summed E-state index contributed by atoms with van der Waals surface area (Å²) in [6.07, 6.45) is -9.46. The Labute approximate surface area is 137 Å². The largest absolute Gasteiger partial charge is 0.456 e. The van der Waals surface area contributed by atoms with Gasteiger partial charge in [0, 0.05) is 27.7 Å². The van der Waals surface area contributed by atoms with E-state index in [1.807, 2.05) is 0 Å². The van der Waals surface area contributed by atoms with E-state index in [0.29, 0.717) is 0 Å². The van der Waals surface area contributed by atoms with Crippen LogP contribution in [0.15, 0.2) is 0 Å². The van der Waals surface area contributed by atoms with E-state index in [4.69, 9.17) is 18.9 Å². The first-order valence-electron chi connectivity index (χ1n) is 7.09. The van der Waals surface area contributed by atoms with Crippen molar-refractivity contribution in [3.63, 3.8) is 0 Å². The molecule has 0 aromatic heterocycles. The van der Waals surface area contributed by atoms with Crippen LogP contribution >= 0.6 is 0 Å². The van der Waals surface area contributed by atoms with E-state index in [-0.39, 0.29) is 0 Å². The van der Waals surface area contributed by atoms with Crippen LogP contribution in [-0.4, -0.2) is 70.7 Å². The number of rotatable bonds is 4. The van der Waals surface area contributed by atoms with Crippen LogP contribution in [0.25, 0.3) is 0 Å². The van der Waals surface area contributed by atoms with E-state index >= 15 is 0 Å². The van der Waals surface area contributed by atoms with Gasteiger partial charge in [0.2, 0.25) is 0 Å². The van der Waals surface area contributed by atoms with Crippen molar-refractivity contribution in [2.45, 2.75) is 64.3 Å². The third kappa shape index (κ3) is 4.90. The zero-order valence-corrected chi connectivity index (χ0v) is 13.6. The number of hydrogen-bond donors (Lipinski definition) is 2. The van der Waals surface area contributed by atoms with Gasteiger partial charge in [0.15, 0.2) is 24.4 Å². The number of carbonyl (C=O) groups is 4. The molecule has 6 atom stereocenters. The molecule has 1 fully saturated rings. The van der Waals surface area contributed by atoms with Gasteiger partial charge in [-0.05, 0) is 0 Å². The van der Waals surface area contributed by atoms with Crippen LogP contribution in [0.5, 0.6) is 0 Å². The summed E-state index contributed by atoms with van der Waals surface area (Å²) in [5.74, 6) is -3.29. The minimum Gasteiger partial charge on any atom is -0.456 e. The number of hydrogen-bond acceptors (Lipinski definition) is 10. The second kappa shape index (κ2) is 8.06. The average Bonchev–Trinajstić information content (AvgIpc) is 2.42. The van der Waals surface area contributed by atoms with E-state index in [9.17, 15) is 29.4 Å². The summed E-state index contributed by atoms with van der Waals surface area (Å²) in [5, 5.41) is 20.3. The number of carbonyl (C=O) groups excluding carboxylic acids is 4. The van der Waals surface area contributed by atoms with Gasteiger partial charge in [-0.25, -0.2) is 0 Å². The maximum atomic E-state index is 11.3. The lowest BCUT2D eigenvalue weighted by Crippen LogP contribution is -2.67. The highest BCUT2D eigenvalue weighted by molar-refractivity contribution is 5.69. The summed E-state index contributed by atoms with van der Waals surface area (Å²) in [4.78, 5) is 45.1. The second-order valence-electron chi connectivity index (χ2n) is 5.28. The smallest absolute Gasteiger partial charge is 0.303 e. The first-order chi connectivity index (χ1) is 11.0. The molecule has 0 unspecified atom stereocenters. The molecule has 10 heteroatoms. The van der Waals surface area contributed by atoms with Gasteiger partial charge in [0.1, 0.15) is 12.2 Å². The lowest BCUT2D eigenvalue weighted by Gasteiger charge is -2.44. The van der Waals surface area contributed by atoms with Crippen LogP contribution in [0.4, 0.5) is 0 Å². The molecule has 0 saturated heterocycles. The molecular weight excluding hydrogens is 328 g/mol. The zero-order chi connectivity index (χ0) is 18.6. The van der Waals surface area contributed by atoms with Gasteiger partial charge >= 0.3 is 23.9 Å². The van der Waals surface area contributed by atoms with Gasteiger partial charge < -0.3 is 29.2 Å². The molecule has 0 aliphatic heterocycles. The minimum absolute atomic E-state index is 0.820. The molecule has 10 nitrogen and oxygen atoms in total. The van der Waals surface area contributed by atoms with E-state index < -0.39 is 60.5 Å². The molecule has 0 spiro atoms. The number of aliphatic hydroxyl groups is 2. The highest BCUT2D eigenvalue weighted by Crippen LogP contribution is 2.30. The first-order valence-corrected chi connectivity index (χ1v) is 7.09. The molecule has 0 amide bonds. The molecule has 0 bridgehead atoms. The van der Waals surface area contributed by atoms with Crippen molar-refractivity contribution in [3.05, 3.63) is 0 Å². The van der Waals surface area contributed by atoms with Gasteiger partial charge in [0.05, 0.1) is 0 Å². The molecule has 1 rings (SSSR count). The predicted molar refractivity (Wildman–Crippen MR) is 74.2 cm³/mol. The van der Waals surface area contributed by atoms with Gasteiger partial charge in [-0.2, -0.15) is 0 Å². The molecule has 0 aromatic rings. The maximum Gasteiger partial charge on any atom is 0.303 e. The Morgan fingerprint density at radius 2 is 0.750 bits per heavy atom. The Morgan fingerprint density at radius 3 is 0.958 bits per heavy atom. The zero-order valence-electron chi connectivity index (χ0n) is 13.6.